The van der Waals surface area contributed by atoms with E-state index in [0.29, 0.717) is 5.92 Å². The average Bonchev–Trinajstić information content (AvgIpc) is 2.77. The summed E-state index contributed by atoms with van der Waals surface area (Å²) in [4.78, 5) is 3.00. The van der Waals surface area contributed by atoms with Gasteiger partial charge in [0.1, 0.15) is 0 Å². The lowest BCUT2D eigenvalue weighted by Gasteiger charge is -2.18. The highest BCUT2D eigenvalue weighted by Crippen LogP contribution is 2.38. The van der Waals surface area contributed by atoms with E-state index >= 15 is 0 Å². The van der Waals surface area contributed by atoms with Crippen molar-refractivity contribution in [3.05, 3.63) is 45.8 Å². The molecule has 1 N–H and O–H groups in total. The van der Waals surface area contributed by atoms with Gasteiger partial charge in [-0.05, 0) is 36.6 Å². The average molecular weight is 257 g/mol. The Labute approximate surface area is 113 Å². The summed E-state index contributed by atoms with van der Waals surface area (Å²) in [6, 6.07) is 9.11. The molecule has 2 aromatic rings. The number of benzene rings is 1. The van der Waals surface area contributed by atoms with Crippen LogP contribution in [0.4, 0.5) is 0 Å². The smallest absolute Gasteiger partial charge is 0.0351 e. The van der Waals surface area contributed by atoms with E-state index in [2.05, 4.69) is 50.4 Å². The topological polar surface area (TPSA) is 12.0 Å². The van der Waals surface area contributed by atoms with E-state index in [1.165, 1.54) is 27.1 Å². The molecule has 1 aliphatic rings. The van der Waals surface area contributed by atoms with Crippen LogP contribution in [-0.2, 0) is 6.54 Å². The number of thiophene rings is 1. The molecular weight excluding hydrogens is 238 g/mol. The molecule has 0 bridgehead atoms. The van der Waals surface area contributed by atoms with Gasteiger partial charge >= 0.3 is 0 Å². The monoisotopic (exact) mass is 257 g/mol. The second kappa shape index (κ2) is 4.52. The second-order valence-electron chi connectivity index (χ2n) is 5.35. The first-order valence-corrected chi connectivity index (χ1v) is 7.38. The summed E-state index contributed by atoms with van der Waals surface area (Å²) in [5.41, 5.74) is 5.62. The van der Waals surface area contributed by atoms with Gasteiger partial charge in [-0.15, -0.1) is 11.3 Å². The summed E-state index contributed by atoms with van der Waals surface area (Å²) in [6.45, 7) is 8.82. The van der Waals surface area contributed by atoms with Gasteiger partial charge in [0.15, 0.2) is 0 Å². The number of hydrogen-bond acceptors (Lipinski definition) is 2. The van der Waals surface area contributed by atoms with Crippen molar-refractivity contribution < 1.29 is 0 Å². The van der Waals surface area contributed by atoms with E-state index in [1.807, 2.05) is 11.3 Å². The molecule has 0 amide bonds. The first-order chi connectivity index (χ1) is 8.65. The Kier molecular flexibility index (Phi) is 3.00. The molecular formula is C16H19NS. The van der Waals surface area contributed by atoms with E-state index in [-0.39, 0.29) is 0 Å². The maximum atomic E-state index is 3.49. The number of nitrogens with one attached hydrogen (secondary N) is 1. The number of aryl methyl sites for hydroxylation is 2. The van der Waals surface area contributed by atoms with Crippen LogP contribution in [0.2, 0.25) is 0 Å². The van der Waals surface area contributed by atoms with Gasteiger partial charge < -0.3 is 5.32 Å². The molecule has 2 heteroatoms. The molecule has 0 saturated heterocycles. The zero-order chi connectivity index (χ0) is 12.7. The lowest BCUT2D eigenvalue weighted by Crippen LogP contribution is -2.24. The van der Waals surface area contributed by atoms with E-state index in [4.69, 9.17) is 0 Å². The van der Waals surface area contributed by atoms with E-state index < -0.39 is 0 Å². The molecule has 0 radical (unpaired) electrons. The van der Waals surface area contributed by atoms with Crippen LogP contribution in [0.5, 0.6) is 0 Å². The van der Waals surface area contributed by atoms with Gasteiger partial charge in [0.25, 0.3) is 0 Å². The van der Waals surface area contributed by atoms with E-state index in [0.717, 1.165) is 13.1 Å². The van der Waals surface area contributed by atoms with Gasteiger partial charge in [0, 0.05) is 28.8 Å². The Morgan fingerprint density at radius 2 is 2.06 bits per heavy atom. The minimum atomic E-state index is 0.651. The maximum Gasteiger partial charge on any atom is 0.0351 e. The molecule has 18 heavy (non-hydrogen) atoms. The largest absolute Gasteiger partial charge is 0.312 e. The molecule has 0 aliphatic carbocycles. The summed E-state index contributed by atoms with van der Waals surface area (Å²) in [7, 11) is 0. The molecule has 1 unspecified atom stereocenters. The van der Waals surface area contributed by atoms with Crippen molar-refractivity contribution in [1.82, 2.24) is 5.32 Å². The quantitative estimate of drug-likeness (QED) is 0.806. The highest BCUT2D eigenvalue weighted by molar-refractivity contribution is 7.15. The fraction of sp³-hybridized carbons (Fsp3) is 0.375. The summed E-state index contributed by atoms with van der Waals surface area (Å²) in [5, 5.41) is 3.49. The van der Waals surface area contributed by atoms with Crippen LogP contribution in [0.1, 0.15) is 34.4 Å². The minimum Gasteiger partial charge on any atom is -0.312 e. The van der Waals surface area contributed by atoms with Gasteiger partial charge in [-0.2, -0.15) is 0 Å². The van der Waals surface area contributed by atoms with Crippen LogP contribution in [0.3, 0.4) is 0 Å². The zero-order valence-electron chi connectivity index (χ0n) is 11.2. The Hall–Kier alpha value is -1.12. The third-order valence-corrected chi connectivity index (χ3v) is 5.16. The third kappa shape index (κ3) is 2.00. The van der Waals surface area contributed by atoms with Gasteiger partial charge in [0.2, 0.25) is 0 Å². The van der Waals surface area contributed by atoms with Crippen molar-refractivity contribution in [1.29, 1.82) is 0 Å². The summed E-state index contributed by atoms with van der Waals surface area (Å²) in [5.74, 6) is 0.651. The Morgan fingerprint density at radius 3 is 2.83 bits per heavy atom. The number of rotatable bonds is 1. The Balaban J connectivity index is 2.10. The molecule has 1 aliphatic heterocycles. The molecule has 1 aromatic heterocycles. The predicted octanol–water partition coefficient (Wildman–Crippen LogP) is 4.24. The molecule has 1 nitrogen and oxygen atoms in total. The van der Waals surface area contributed by atoms with E-state index in [1.54, 1.807) is 4.88 Å². The number of fused-ring (bicyclic) bond motifs is 1. The molecule has 2 heterocycles. The Bertz CT molecular complexity index is 583. The Morgan fingerprint density at radius 1 is 1.22 bits per heavy atom. The highest BCUT2D eigenvalue weighted by Gasteiger charge is 2.20. The SMILES string of the molecule is Cc1ccc(C)c(-c2cc3c(s2)C(C)CNC3)c1. The van der Waals surface area contributed by atoms with Crippen LogP contribution in [0.25, 0.3) is 10.4 Å². The van der Waals surface area contributed by atoms with Crippen molar-refractivity contribution >= 4 is 11.3 Å². The maximum absolute atomic E-state index is 3.49. The lowest BCUT2D eigenvalue weighted by atomic mass is 10.00. The summed E-state index contributed by atoms with van der Waals surface area (Å²) < 4.78 is 0. The van der Waals surface area contributed by atoms with Gasteiger partial charge in [0.05, 0.1) is 0 Å². The van der Waals surface area contributed by atoms with Crippen molar-refractivity contribution in [3.8, 4) is 10.4 Å². The summed E-state index contributed by atoms with van der Waals surface area (Å²) >= 11 is 1.98. The third-order valence-electron chi connectivity index (χ3n) is 3.71. The van der Waals surface area contributed by atoms with Crippen molar-refractivity contribution in [2.24, 2.45) is 0 Å². The van der Waals surface area contributed by atoms with Gasteiger partial charge in [-0.1, -0.05) is 30.7 Å². The van der Waals surface area contributed by atoms with Crippen molar-refractivity contribution in [2.45, 2.75) is 33.2 Å². The van der Waals surface area contributed by atoms with Crippen LogP contribution < -0.4 is 5.32 Å². The van der Waals surface area contributed by atoms with Crippen molar-refractivity contribution in [2.75, 3.05) is 6.54 Å². The molecule has 0 spiro atoms. The fourth-order valence-electron chi connectivity index (χ4n) is 2.65. The van der Waals surface area contributed by atoms with Crippen LogP contribution >= 0.6 is 11.3 Å². The van der Waals surface area contributed by atoms with Crippen LogP contribution in [-0.4, -0.2) is 6.54 Å². The van der Waals surface area contributed by atoms with Gasteiger partial charge in [-0.3, -0.25) is 0 Å². The standard InChI is InChI=1S/C16H19NS/c1-10-4-5-11(2)14(6-10)15-7-13-9-17-8-12(3)16(13)18-15/h4-7,12,17H,8-9H2,1-3H3. The van der Waals surface area contributed by atoms with Crippen molar-refractivity contribution in [3.63, 3.8) is 0 Å². The van der Waals surface area contributed by atoms with Crippen LogP contribution in [0, 0.1) is 13.8 Å². The predicted molar refractivity (Wildman–Crippen MR) is 79.4 cm³/mol. The fourth-order valence-corrected chi connectivity index (χ4v) is 3.96. The molecule has 3 rings (SSSR count). The first-order valence-electron chi connectivity index (χ1n) is 6.56. The first kappa shape index (κ1) is 11.9. The molecule has 1 aromatic carbocycles. The van der Waals surface area contributed by atoms with Gasteiger partial charge in [-0.25, -0.2) is 0 Å². The molecule has 1 atom stereocenters. The lowest BCUT2D eigenvalue weighted by molar-refractivity contribution is 0.581. The van der Waals surface area contributed by atoms with E-state index in [9.17, 15) is 0 Å². The second-order valence-corrected chi connectivity index (χ2v) is 6.43. The minimum absolute atomic E-state index is 0.651. The molecule has 94 valence electrons. The normalized spacial score (nSPS) is 18.7. The molecule has 0 fully saturated rings. The zero-order valence-corrected chi connectivity index (χ0v) is 12.0. The van der Waals surface area contributed by atoms with Crippen LogP contribution in [0.15, 0.2) is 24.3 Å². The summed E-state index contributed by atoms with van der Waals surface area (Å²) in [6.07, 6.45) is 0. The number of hydrogen-bond donors (Lipinski definition) is 1. The molecule has 0 saturated carbocycles. The highest BCUT2D eigenvalue weighted by atomic mass is 32.1.